The number of likely N-dealkylation sites (N-methyl/N-ethyl adjacent to an activating group) is 1. The van der Waals surface area contributed by atoms with Gasteiger partial charge in [-0.05, 0) is 40.1 Å². The fourth-order valence-corrected chi connectivity index (χ4v) is 3.95. The van der Waals surface area contributed by atoms with Crippen LogP contribution in [0.3, 0.4) is 0 Å². The van der Waals surface area contributed by atoms with Crippen molar-refractivity contribution >= 4 is 51.0 Å². The zero-order chi connectivity index (χ0) is 23.2. The van der Waals surface area contributed by atoms with Crippen molar-refractivity contribution in [2.24, 2.45) is 0 Å². The minimum atomic E-state index is -0.0258. The standard InChI is InChI=1S/C25H23BrClN5O/c1-31(24(33)13-12-18-8-3-2-4-9-18)15-7-14-28-23-16-22(19-10-5-6-11-21(19)27)30-25-20(26)17-29-32(23)25/h2-6,8-13,16-17,28H,7,14-15H2,1H3/b13-12+. The number of aromatic nitrogens is 3. The van der Waals surface area contributed by atoms with Crippen LogP contribution in [0.1, 0.15) is 12.0 Å². The summed E-state index contributed by atoms with van der Waals surface area (Å²) in [5.74, 6) is 0.778. The average molecular weight is 525 g/mol. The van der Waals surface area contributed by atoms with Crippen molar-refractivity contribution in [2.45, 2.75) is 6.42 Å². The molecule has 1 N–H and O–H groups in total. The van der Waals surface area contributed by atoms with Crippen LogP contribution in [0, 0.1) is 0 Å². The van der Waals surface area contributed by atoms with Crippen LogP contribution in [0.15, 0.2) is 77.4 Å². The summed E-state index contributed by atoms with van der Waals surface area (Å²) in [6.45, 7) is 1.29. The summed E-state index contributed by atoms with van der Waals surface area (Å²) >= 11 is 9.91. The normalized spacial score (nSPS) is 11.2. The molecule has 0 saturated heterocycles. The summed E-state index contributed by atoms with van der Waals surface area (Å²) in [5, 5.41) is 8.47. The summed E-state index contributed by atoms with van der Waals surface area (Å²) in [6.07, 6.45) is 5.92. The van der Waals surface area contributed by atoms with E-state index in [0.717, 1.165) is 33.5 Å². The van der Waals surface area contributed by atoms with E-state index in [4.69, 9.17) is 16.6 Å². The molecule has 0 spiro atoms. The second kappa shape index (κ2) is 10.6. The Morgan fingerprint density at radius 1 is 1.18 bits per heavy atom. The van der Waals surface area contributed by atoms with Crippen molar-refractivity contribution in [2.75, 3.05) is 25.5 Å². The molecule has 2 aromatic carbocycles. The number of carbonyl (C=O) groups is 1. The summed E-state index contributed by atoms with van der Waals surface area (Å²) in [7, 11) is 1.81. The lowest BCUT2D eigenvalue weighted by Crippen LogP contribution is -2.27. The highest BCUT2D eigenvalue weighted by Crippen LogP contribution is 2.30. The van der Waals surface area contributed by atoms with Gasteiger partial charge in [0.15, 0.2) is 5.65 Å². The van der Waals surface area contributed by atoms with E-state index < -0.39 is 0 Å². The van der Waals surface area contributed by atoms with Crippen molar-refractivity contribution in [3.63, 3.8) is 0 Å². The summed E-state index contributed by atoms with van der Waals surface area (Å²) in [5.41, 5.74) is 3.32. The molecule has 6 nitrogen and oxygen atoms in total. The van der Waals surface area contributed by atoms with Crippen molar-refractivity contribution in [3.05, 3.63) is 88.0 Å². The van der Waals surface area contributed by atoms with Crippen LogP contribution in [0.2, 0.25) is 5.02 Å². The number of benzene rings is 2. The molecule has 1 amide bonds. The third kappa shape index (κ3) is 5.61. The Balaban J connectivity index is 1.40. The molecule has 0 atom stereocenters. The lowest BCUT2D eigenvalue weighted by atomic mass is 10.1. The van der Waals surface area contributed by atoms with Crippen molar-refractivity contribution in [1.82, 2.24) is 19.5 Å². The summed E-state index contributed by atoms with van der Waals surface area (Å²) in [4.78, 5) is 18.8. The number of fused-ring (bicyclic) bond motifs is 1. The minimum Gasteiger partial charge on any atom is -0.370 e. The number of nitrogens with zero attached hydrogens (tertiary/aromatic N) is 4. The number of rotatable bonds is 8. The van der Waals surface area contributed by atoms with Crippen LogP contribution in [-0.4, -0.2) is 45.5 Å². The molecular formula is C25H23BrClN5O. The fourth-order valence-electron chi connectivity index (χ4n) is 3.37. The monoisotopic (exact) mass is 523 g/mol. The molecule has 0 unspecified atom stereocenters. The van der Waals surface area contributed by atoms with E-state index >= 15 is 0 Å². The van der Waals surface area contributed by atoms with Gasteiger partial charge in [0.05, 0.1) is 16.4 Å². The molecule has 4 aromatic rings. The Bertz CT molecular complexity index is 1290. The molecule has 4 rings (SSSR count). The zero-order valence-electron chi connectivity index (χ0n) is 18.1. The van der Waals surface area contributed by atoms with Crippen molar-refractivity contribution in [1.29, 1.82) is 0 Å². The van der Waals surface area contributed by atoms with Crippen LogP contribution >= 0.6 is 27.5 Å². The van der Waals surface area contributed by atoms with Crippen LogP contribution in [0.5, 0.6) is 0 Å². The summed E-state index contributed by atoms with van der Waals surface area (Å²) < 4.78 is 2.55. The molecular weight excluding hydrogens is 502 g/mol. The van der Waals surface area contributed by atoms with Crippen LogP contribution in [0.25, 0.3) is 23.0 Å². The van der Waals surface area contributed by atoms with Crippen LogP contribution < -0.4 is 5.32 Å². The maximum atomic E-state index is 12.4. The van der Waals surface area contributed by atoms with Gasteiger partial charge in [-0.25, -0.2) is 4.98 Å². The third-order valence-corrected chi connectivity index (χ3v) is 6.04. The van der Waals surface area contributed by atoms with E-state index in [-0.39, 0.29) is 5.91 Å². The molecule has 0 saturated carbocycles. The molecule has 0 radical (unpaired) electrons. The SMILES string of the molecule is CN(CCCNc1cc(-c2ccccc2Cl)nc2c(Br)cnn12)C(=O)/C=C/c1ccccc1. The largest absolute Gasteiger partial charge is 0.370 e. The first-order valence-electron chi connectivity index (χ1n) is 10.5. The van der Waals surface area contributed by atoms with Crippen molar-refractivity contribution < 1.29 is 4.79 Å². The zero-order valence-corrected chi connectivity index (χ0v) is 20.4. The molecule has 0 aliphatic heterocycles. The van der Waals surface area contributed by atoms with E-state index in [1.807, 2.05) is 73.8 Å². The third-order valence-electron chi connectivity index (χ3n) is 5.15. The fraction of sp³-hybridized carbons (Fsp3) is 0.160. The first kappa shape index (κ1) is 23.0. The molecule has 0 bridgehead atoms. The van der Waals surface area contributed by atoms with Gasteiger partial charge in [-0.1, -0.05) is 60.1 Å². The van der Waals surface area contributed by atoms with Gasteiger partial charge in [-0.15, -0.1) is 0 Å². The molecule has 0 aliphatic carbocycles. The van der Waals surface area contributed by atoms with Gasteiger partial charge < -0.3 is 10.2 Å². The number of nitrogens with one attached hydrogen (secondary N) is 1. The lowest BCUT2D eigenvalue weighted by Gasteiger charge is -2.16. The predicted molar refractivity (Wildman–Crippen MR) is 137 cm³/mol. The van der Waals surface area contributed by atoms with E-state index in [1.54, 1.807) is 21.7 Å². The Labute approximate surface area is 206 Å². The van der Waals surface area contributed by atoms with Gasteiger partial charge in [0, 0.05) is 42.9 Å². The van der Waals surface area contributed by atoms with Crippen molar-refractivity contribution in [3.8, 4) is 11.3 Å². The maximum Gasteiger partial charge on any atom is 0.246 e. The van der Waals surface area contributed by atoms with Crippen LogP contribution in [-0.2, 0) is 4.79 Å². The highest BCUT2D eigenvalue weighted by atomic mass is 79.9. The van der Waals surface area contributed by atoms with E-state index in [2.05, 4.69) is 26.3 Å². The topological polar surface area (TPSA) is 62.5 Å². The first-order chi connectivity index (χ1) is 16.0. The Morgan fingerprint density at radius 3 is 2.73 bits per heavy atom. The predicted octanol–water partition coefficient (Wildman–Crippen LogP) is 5.79. The van der Waals surface area contributed by atoms with Crippen LogP contribution in [0.4, 0.5) is 5.82 Å². The highest BCUT2D eigenvalue weighted by molar-refractivity contribution is 9.10. The molecule has 8 heteroatoms. The number of hydrogen-bond acceptors (Lipinski definition) is 4. The number of anilines is 1. The molecule has 33 heavy (non-hydrogen) atoms. The Hall–Kier alpha value is -3.16. The van der Waals surface area contributed by atoms with Gasteiger partial charge in [-0.2, -0.15) is 9.61 Å². The molecule has 2 aromatic heterocycles. The Morgan fingerprint density at radius 2 is 1.94 bits per heavy atom. The highest BCUT2D eigenvalue weighted by Gasteiger charge is 2.13. The second-order valence-electron chi connectivity index (χ2n) is 7.52. The average Bonchev–Trinajstić information content (AvgIpc) is 3.21. The maximum absolute atomic E-state index is 12.4. The quantitative estimate of drug-likeness (QED) is 0.234. The molecule has 2 heterocycles. The van der Waals surface area contributed by atoms with Gasteiger partial charge in [0.25, 0.3) is 0 Å². The number of halogens is 2. The lowest BCUT2D eigenvalue weighted by molar-refractivity contribution is -0.124. The first-order valence-corrected chi connectivity index (χ1v) is 11.7. The second-order valence-corrected chi connectivity index (χ2v) is 8.78. The molecule has 0 aliphatic rings. The number of hydrogen-bond donors (Lipinski definition) is 1. The molecule has 168 valence electrons. The summed E-state index contributed by atoms with van der Waals surface area (Å²) in [6, 6.07) is 19.3. The minimum absolute atomic E-state index is 0.0258. The van der Waals surface area contributed by atoms with Gasteiger partial charge in [0.2, 0.25) is 5.91 Å². The van der Waals surface area contributed by atoms with Gasteiger partial charge >= 0.3 is 0 Å². The number of carbonyl (C=O) groups excluding carboxylic acids is 1. The Kier molecular flexibility index (Phi) is 7.42. The smallest absolute Gasteiger partial charge is 0.246 e. The van der Waals surface area contributed by atoms with E-state index in [9.17, 15) is 4.79 Å². The van der Waals surface area contributed by atoms with E-state index in [0.29, 0.717) is 23.8 Å². The van der Waals surface area contributed by atoms with Gasteiger partial charge in [-0.3, -0.25) is 4.79 Å². The van der Waals surface area contributed by atoms with E-state index in [1.165, 1.54) is 0 Å². The number of amides is 1. The molecule has 0 fully saturated rings. The van der Waals surface area contributed by atoms with Gasteiger partial charge in [0.1, 0.15) is 5.82 Å².